The third-order valence-electron chi connectivity index (χ3n) is 3.50. The Labute approximate surface area is 159 Å². The van der Waals surface area contributed by atoms with Crippen LogP contribution in [0.1, 0.15) is 28.9 Å². The number of nitro benzene ring substituents is 1. The Morgan fingerprint density at radius 3 is 2.65 bits per heavy atom. The molecule has 0 saturated carbocycles. The molecule has 0 aliphatic rings. The molecule has 0 heterocycles. The van der Waals surface area contributed by atoms with Gasteiger partial charge in [-0.25, -0.2) is 0 Å². The molecule has 0 saturated heterocycles. The lowest BCUT2D eigenvalue weighted by Crippen LogP contribution is -2.31. The number of hydrogen-bond acceptors (Lipinski definition) is 5. The van der Waals surface area contributed by atoms with Gasteiger partial charge in [-0.15, -0.1) is 0 Å². The number of non-ortho nitro benzene ring substituents is 1. The summed E-state index contributed by atoms with van der Waals surface area (Å²) < 4.78 is 5.29. The number of nitrogens with zero attached hydrogens (tertiary/aromatic N) is 1. The third kappa shape index (κ3) is 4.93. The molecule has 2 aromatic carbocycles. The second-order valence-electron chi connectivity index (χ2n) is 5.34. The molecular weight excluding hydrogens is 383 g/mol. The average Bonchev–Trinajstić information content (AvgIpc) is 2.59. The third-order valence-corrected chi connectivity index (χ3v) is 4.06. The summed E-state index contributed by atoms with van der Waals surface area (Å²) in [6, 6.07) is 8.09. The summed E-state index contributed by atoms with van der Waals surface area (Å²) in [4.78, 5) is 33.2. The summed E-state index contributed by atoms with van der Waals surface area (Å²) in [5, 5.41) is 14.3. The Hall–Kier alpha value is -2.64. The van der Waals surface area contributed by atoms with Gasteiger partial charge in [0, 0.05) is 22.2 Å². The van der Waals surface area contributed by atoms with E-state index in [1.54, 1.807) is 25.1 Å². The van der Waals surface area contributed by atoms with Crippen molar-refractivity contribution >= 4 is 41.1 Å². The van der Waals surface area contributed by atoms with Crippen LogP contribution in [0, 0.1) is 10.1 Å². The number of nitrogens with one attached hydrogen (secondary N) is 1. The minimum Gasteiger partial charge on any atom is -0.483 e. The Bertz CT molecular complexity index is 857. The molecule has 1 N–H and O–H groups in total. The number of halogens is 2. The lowest BCUT2D eigenvalue weighted by atomic mass is 10.1. The Morgan fingerprint density at radius 1 is 1.31 bits per heavy atom. The van der Waals surface area contributed by atoms with Gasteiger partial charge in [0.2, 0.25) is 0 Å². The lowest BCUT2D eigenvalue weighted by Gasteiger charge is -2.16. The Kier molecular flexibility index (Phi) is 6.54. The van der Waals surface area contributed by atoms with Gasteiger partial charge in [-0.3, -0.25) is 19.7 Å². The van der Waals surface area contributed by atoms with Crippen LogP contribution in [-0.4, -0.2) is 23.7 Å². The number of hydrogen-bond donors (Lipinski definition) is 1. The normalized spacial score (nSPS) is 11.5. The SMILES string of the molecule is CC(NC(=O)COc1ccc([N+](=O)[O-])cc1C=O)c1ccc(Cl)cc1Cl. The molecule has 2 rings (SSSR count). The smallest absolute Gasteiger partial charge is 0.270 e. The first-order chi connectivity index (χ1) is 12.3. The van der Waals surface area contributed by atoms with E-state index < -0.39 is 16.9 Å². The second kappa shape index (κ2) is 8.64. The van der Waals surface area contributed by atoms with E-state index in [9.17, 15) is 19.7 Å². The van der Waals surface area contributed by atoms with Crippen molar-refractivity contribution < 1.29 is 19.2 Å². The monoisotopic (exact) mass is 396 g/mol. The number of carbonyl (C=O) groups excluding carboxylic acids is 2. The maximum atomic E-state index is 12.1. The zero-order valence-electron chi connectivity index (χ0n) is 13.6. The maximum Gasteiger partial charge on any atom is 0.270 e. The maximum absolute atomic E-state index is 12.1. The number of benzene rings is 2. The van der Waals surface area contributed by atoms with E-state index in [-0.39, 0.29) is 23.6 Å². The van der Waals surface area contributed by atoms with Gasteiger partial charge in [0.25, 0.3) is 11.6 Å². The number of ether oxygens (including phenoxy) is 1. The van der Waals surface area contributed by atoms with Crippen LogP contribution in [0.2, 0.25) is 10.0 Å². The first-order valence-corrected chi connectivity index (χ1v) is 8.18. The fourth-order valence-electron chi connectivity index (χ4n) is 2.23. The van der Waals surface area contributed by atoms with Crippen LogP contribution >= 0.6 is 23.2 Å². The van der Waals surface area contributed by atoms with Crippen molar-refractivity contribution in [2.24, 2.45) is 0 Å². The second-order valence-corrected chi connectivity index (χ2v) is 6.18. The Morgan fingerprint density at radius 2 is 2.04 bits per heavy atom. The number of rotatable bonds is 7. The van der Waals surface area contributed by atoms with Crippen LogP contribution in [0.15, 0.2) is 36.4 Å². The van der Waals surface area contributed by atoms with Crippen molar-refractivity contribution in [1.82, 2.24) is 5.32 Å². The van der Waals surface area contributed by atoms with E-state index in [1.807, 2.05) is 0 Å². The molecule has 0 aliphatic carbocycles. The zero-order chi connectivity index (χ0) is 19.3. The molecule has 26 heavy (non-hydrogen) atoms. The molecule has 1 unspecified atom stereocenters. The van der Waals surface area contributed by atoms with Gasteiger partial charge in [0.1, 0.15) is 5.75 Å². The molecule has 1 atom stereocenters. The van der Waals surface area contributed by atoms with Gasteiger partial charge in [0.15, 0.2) is 12.9 Å². The molecule has 7 nitrogen and oxygen atoms in total. The highest BCUT2D eigenvalue weighted by molar-refractivity contribution is 6.35. The topological polar surface area (TPSA) is 98.5 Å². The molecule has 0 bridgehead atoms. The van der Waals surface area contributed by atoms with Crippen molar-refractivity contribution in [2.45, 2.75) is 13.0 Å². The number of carbonyl (C=O) groups is 2. The van der Waals surface area contributed by atoms with E-state index in [0.29, 0.717) is 21.9 Å². The van der Waals surface area contributed by atoms with E-state index in [4.69, 9.17) is 27.9 Å². The van der Waals surface area contributed by atoms with Crippen molar-refractivity contribution in [2.75, 3.05) is 6.61 Å². The summed E-state index contributed by atoms with van der Waals surface area (Å²) in [6.07, 6.45) is 0.427. The minimum atomic E-state index is -0.624. The highest BCUT2D eigenvalue weighted by Crippen LogP contribution is 2.26. The quantitative estimate of drug-likeness (QED) is 0.433. The van der Waals surface area contributed by atoms with Gasteiger partial charge in [0.05, 0.1) is 16.5 Å². The molecule has 0 fully saturated rings. The van der Waals surface area contributed by atoms with E-state index in [2.05, 4.69) is 5.32 Å². The highest BCUT2D eigenvalue weighted by Gasteiger charge is 2.15. The van der Waals surface area contributed by atoms with Gasteiger partial charge < -0.3 is 10.1 Å². The summed E-state index contributed by atoms with van der Waals surface area (Å²) in [5.41, 5.74) is 0.434. The van der Waals surface area contributed by atoms with Gasteiger partial charge in [-0.1, -0.05) is 29.3 Å². The number of amides is 1. The van der Waals surface area contributed by atoms with Crippen molar-refractivity contribution in [1.29, 1.82) is 0 Å². The predicted octanol–water partition coefficient (Wildman–Crippen LogP) is 3.97. The van der Waals surface area contributed by atoms with Crippen LogP contribution in [0.5, 0.6) is 5.75 Å². The molecule has 2 aromatic rings. The van der Waals surface area contributed by atoms with Crippen LogP contribution < -0.4 is 10.1 Å². The van der Waals surface area contributed by atoms with Crippen molar-refractivity contribution in [3.05, 3.63) is 67.7 Å². The molecule has 1 amide bonds. The molecule has 136 valence electrons. The van der Waals surface area contributed by atoms with Crippen LogP contribution in [0.3, 0.4) is 0 Å². The minimum absolute atomic E-state index is 0.0132. The average molecular weight is 397 g/mol. The summed E-state index contributed by atoms with van der Waals surface area (Å²) in [5.74, 6) is -0.364. The zero-order valence-corrected chi connectivity index (χ0v) is 15.1. The molecule has 0 aliphatic heterocycles. The molecule has 0 spiro atoms. The van der Waals surface area contributed by atoms with E-state index in [0.717, 1.165) is 6.07 Å². The van der Waals surface area contributed by atoms with Crippen molar-refractivity contribution in [3.8, 4) is 5.75 Å². The van der Waals surface area contributed by atoms with Crippen LogP contribution in [0.25, 0.3) is 0 Å². The molecule has 0 aromatic heterocycles. The van der Waals surface area contributed by atoms with Crippen LogP contribution in [-0.2, 0) is 4.79 Å². The van der Waals surface area contributed by atoms with Gasteiger partial charge in [-0.2, -0.15) is 0 Å². The standard InChI is InChI=1S/C17H14Cl2N2O5/c1-10(14-4-2-12(18)7-15(14)19)20-17(23)9-26-16-5-3-13(21(24)25)6-11(16)8-22/h2-8,10H,9H2,1H3,(H,20,23). The largest absolute Gasteiger partial charge is 0.483 e. The molecule has 9 heteroatoms. The summed E-state index contributed by atoms with van der Waals surface area (Å²) in [7, 11) is 0. The Balaban J connectivity index is 2.00. The molecule has 0 radical (unpaired) electrons. The first kappa shape index (κ1) is 19.7. The summed E-state index contributed by atoms with van der Waals surface area (Å²) in [6.45, 7) is 1.38. The van der Waals surface area contributed by atoms with E-state index in [1.165, 1.54) is 12.1 Å². The fraction of sp³-hybridized carbons (Fsp3) is 0.176. The molecular formula is C17H14Cl2N2O5. The van der Waals surface area contributed by atoms with Crippen LogP contribution in [0.4, 0.5) is 5.69 Å². The summed E-state index contributed by atoms with van der Waals surface area (Å²) >= 11 is 11.9. The van der Waals surface area contributed by atoms with Gasteiger partial charge >= 0.3 is 0 Å². The van der Waals surface area contributed by atoms with Crippen molar-refractivity contribution in [3.63, 3.8) is 0 Å². The predicted molar refractivity (Wildman–Crippen MR) is 97.0 cm³/mol. The number of nitro groups is 1. The number of aldehydes is 1. The van der Waals surface area contributed by atoms with Gasteiger partial charge in [-0.05, 0) is 30.7 Å². The van der Waals surface area contributed by atoms with E-state index >= 15 is 0 Å². The highest BCUT2D eigenvalue weighted by atomic mass is 35.5. The first-order valence-electron chi connectivity index (χ1n) is 7.42. The fourth-order valence-corrected chi connectivity index (χ4v) is 2.80. The lowest BCUT2D eigenvalue weighted by molar-refractivity contribution is -0.384.